The van der Waals surface area contributed by atoms with Gasteiger partial charge in [-0.1, -0.05) is 0 Å². The first-order chi connectivity index (χ1) is 12.7. The van der Waals surface area contributed by atoms with Crippen molar-refractivity contribution in [3.05, 3.63) is 51.8 Å². The van der Waals surface area contributed by atoms with Crippen molar-refractivity contribution in [1.82, 2.24) is 0 Å². The standard InChI is InChI=1S/C16H6F7N3O/c1-2-27-16-13(23)10(20)9(19)12(22)15(16)26-14-8(18)6(4-25)5(3-24)7(17)11(14)21/h26H,2H2,1H3. The van der Waals surface area contributed by atoms with Gasteiger partial charge < -0.3 is 10.1 Å². The van der Waals surface area contributed by atoms with E-state index < -0.39 is 69.0 Å². The summed E-state index contributed by atoms with van der Waals surface area (Å²) in [4.78, 5) is 0. The molecular weight excluding hydrogens is 383 g/mol. The molecule has 0 saturated heterocycles. The van der Waals surface area contributed by atoms with E-state index in [0.717, 1.165) is 12.1 Å². The topological polar surface area (TPSA) is 68.8 Å². The monoisotopic (exact) mass is 389 g/mol. The number of hydrogen-bond donors (Lipinski definition) is 1. The van der Waals surface area contributed by atoms with Gasteiger partial charge in [-0.25, -0.2) is 26.3 Å². The van der Waals surface area contributed by atoms with E-state index in [0.29, 0.717) is 0 Å². The molecule has 11 heteroatoms. The van der Waals surface area contributed by atoms with E-state index in [1.54, 1.807) is 5.32 Å². The maximum absolute atomic E-state index is 14.3. The molecule has 0 bridgehead atoms. The Labute approximate surface area is 147 Å². The van der Waals surface area contributed by atoms with Crippen LogP contribution in [-0.4, -0.2) is 6.61 Å². The first-order valence-electron chi connectivity index (χ1n) is 6.97. The van der Waals surface area contributed by atoms with Crippen LogP contribution >= 0.6 is 0 Å². The molecule has 0 spiro atoms. The molecule has 0 aromatic heterocycles. The molecular formula is C16H6F7N3O. The van der Waals surface area contributed by atoms with E-state index in [-0.39, 0.29) is 6.61 Å². The Balaban J connectivity index is 2.82. The number of rotatable bonds is 4. The number of nitrogens with one attached hydrogen (secondary N) is 1. The molecule has 0 radical (unpaired) electrons. The molecule has 0 unspecified atom stereocenters. The third kappa shape index (κ3) is 3.08. The lowest BCUT2D eigenvalue weighted by Gasteiger charge is -2.17. The lowest BCUT2D eigenvalue weighted by molar-refractivity contribution is 0.305. The van der Waals surface area contributed by atoms with Gasteiger partial charge in [-0.05, 0) is 6.92 Å². The first-order valence-corrected chi connectivity index (χ1v) is 6.97. The van der Waals surface area contributed by atoms with Crippen LogP contribution in [0.15, 0.2) is 0 Å². The fourth-order valence-corrected chi connectivity index (χ4v) is 2.11. The van der Waals surface area contributed by atoms with Gasteiger partial charge in [-0.2, -0.15) is 14.9 Å². The number of nitriles is 2. The number of nitrogens with zero attached hydrogens (tertiary/aromatic N) is 2. The second-order valence-corrected chi connectivity index (χ2v) is 4.81. The molecule has 0 atom stereocenters. The Bertz CT molecular complexity index is 1030. The summed E-state index contributed by atoms with van der Waals surface area (Å²) in [5.41, 5.74) is -5.41. The fraction of sp³-hybridized carbons (Fsp3) is 0.125. The summed E-state index contributed by atoms with van der Waals surface area (Å²) in [6, 6.07) is 2.20. The maximum atomic E-state index is 14.3. The molecule has 2 aromatic rings. The molecule has 0 amide bonds. The average molecular weight is 389 g/mol. The van der Waals surface area contributed by atoms with Crippen LogP contribution in [0.1, 0.15) is 18.1 Å². The van der Waals surface area contributed by atoms with Crippen molar-refractivity contribution in [2.75, 3.05) is 11.9 Å². The summed E-state index contributed by atoms with van der Waals surface area (Å²) in [5.74, 6) is -15.8. The van der Waals surface area contributed by atoms with E-state index >= 15 is 0 Å². The molecule has 0 saturated carbocycles. The first kappa shape index (κ1) is 19.8. The second-order valence-electron chi connectivity index (χ2n) is 4.81. The number of halogens is 7. The molecule has 0 aliphatic carbocycles. The number of benzene rings is 2. The minimum absolute atomic E-state index is 0.383. The molecule has 140 valence electrons. The number of ether oxygens (including phenoxy) is 1. The molecule has 0 aliphatic heterocycles. The van der Waals surface area contributed by atoms with Crippen LogP contribution < -0.4 is 10.1 Å². The van der Waals surface area contributed by atoms with Crippen molar-refractivity contribution >= 4 is 11.4 Å². The number of hydrogen-bond acceptors (Lipinski definition) is 4. The summed E-state index contributed by atoms with van der Waals surface area (Å²) >= 11 is 0. The lowest BCUT2D eigenvalue weighted by Crippen LogP contribution is -2.11. The SMILES string of the molecule is CCOc1c(F)c(F)c(F)c(F)c1Nc1c(F)c(F)c(C#N)c(C#N)c1F. The van der Waals surface area contributed by atoms with Crippen LogP contribution in [0, 0.1) is 63.4 Å². The summed E-state index contributed by atoms with van der Waals surface area (Å²) < 4.78 is 102. The predicted octanol–water partition coefficient (Wildman–Crippen LogP) is 4.55. The smallest absolute Gasteiger partial charge is 0.206 e. The van der Waals surface area contributed by atoms with Gasteiger partial charge >= 0.3 is 0 Å². The highest BCUT2D eigenvalue weighted by atomic mass is 19.2. The Morgan fingerprint density at radius 1 is 0.704 bits per heavy atom. The highest BCUT2D eigenvalue weighted by molar-refractivity contribution is 5.71. The molecule has 0 aliphatic rings. The molecule has 2 rings (SSSR count). The van der Waals surface area contributed by atoms with Gasteiger partial charge in [-0.3, -0.25) is 0 Å². The van der Waals surface area contributed by atoms with Crippen molar-refractivity contribution in [3.63, 3.8) is 0 Å². The van der Waals surface area contributed by atoms with Crippen LogP contribution in [0.4, 0.5) is 42.1 Å². The zero-order valence-corrected chi connectivity index (χ0v) is 13.2. The van der Waals surface area contributed by atoms with Crippen LogP contribution in [0.25, 0.3) is 0 Å². The molecule has 2 aromatic carbocycles. The lowest BCUT2D eigenvalue weighted by atomic mass is 10.1. The minimum Gasteiger partial charge on any atom is -0.488 e. The molecule has 1 N–H and O–H groups in total. The zero-order valence-electron chi connectivity index (χ0n) is 13.2. The van der Waals surface area contributed by atoms with Crippen LogP contribution in [0.3, 0.4) is 0 Å². The summed E-state index contributed by atoms with van der Waals surface area (Å²) in [6.45, 7) is 0.880. The zero-order chi connectivity index (χ0) is 20.5. The Morgan fingerprint density at radius 3 is 1.70 bits per heavy atom. The average Bonchev–Trinajstić information content (AvgIpc) is 2.66. The molecule has 4 nitrogen and oxygen atoms in total. The van der Waals surface area contributed by atoms with Gasteiger partial charge in [0.1, 0.15) is 34.6 Å². The quantitative estimate of drug-likeness (QED) is 0.473. The Kier molecular flexibility index (Phi) is 5.45. The third-order valence-electron chi connectivity index (χ3n) is 3.31. The van der Waals surface area contributed by atoms with Crippen molar-refractivity contribution < 1.29 is 35.5 Å². The Morgan fingerprint density at radius 2 is 1.19 bits per heavy atom. The summed E-state index contributed by atoms with van der Waals surface area (Å²) in [7, 11) is 0. The van der Waals surface area contributed by atoms with E-state index in [2.05, 4.69) is 4.74 Å². The van der Waals surface area contributed by atoms with Crippen molar-refractivity contribution in [1.29, 1.82) is 10.5 Å². The highest BCUT2D eigenvalue weighted by Crippen LogP contribution is 2.39. The summed E-state index contributed by atoms with van der Waals surface area (Å²) in [5, 5.41) is 19.1. The van der Waals surface area contributed by atoms with Crippen molar-refractivity contribution in [2.24, 2.45) is 0 Å². The van der Waals surface area contributed by atoms with Gasteiger partial charge in [-0.15, -0.1) is 0 Å². The van der Waals surface area contributed by atoms with Gasteiger partial charge in [0.05, 0.1) is 6.61 Å². The molecule has 0 heterocycles. The van der Waals surface area contributed by atoms with E-state index in [1.807, 2.05) is 0 Å². The highest BCUT2D eigenvalue weighted by Gasteiger charge is 2.30. The third-order valence-corrected chi connectivity index (χ3v) is 3.31. The minimum atomic E-state index is -2.33. The molecule has 0 fully saturated rings. The van der Waals surface area contributed by atoms with E-state index in [9.17, 15) is 30.7 Å². The van der Waals surface area contributed by atoms with Crippen molar-refractivity contribution in [3.8, 4) is 17.9 Å². The van der Waals surface area contributed by atoms with Crippen molar-refractivity contribution in [2.45, 2.75) is 6.92 Å². The predicted molar refractivity (Wildman–Crippen MR) is 76.5 cm³/mol. The Hall–Kier alpha value is -3.47. The van der Waals surface area contributed by atoms with Crippen LogP contribution in [0.2, 0.25) is 0 Å². The van der Waals surface area contributed by atoms with E-state index in [4.69, 9.17) is 10.5 Å². The maximum Gasteiger partial charge on any atom is 0.206 e. The van der Waals surface area contributed by atoms with Gasteiger partial charge in [0.15, 0.2) is 34.8 Å². The van der Waals surface area contributed by atoms with Gasteiger partial charge in [0, 0.05) is 0 Å². The van der Waals surface area contributed by atoms with E-state index in [1.165, 1.54) is 6.92 Å². The summed E-state index contributed by atoms with van der Waals surface area (Å²) in [6.07, 6.45) is 0. The fourth-order valence-electron chi connectivity index (χ4n) is 2.11. The number of anilines is 2. The van der Waals surface area contributed by atoms with Gasteiger partial charge in [0.25, 0.3) is 0 Å². The molecule has 27 heavy (non-hydrogen) atoms. The normalized spacial score (nSPS) is 10.3. The van der Waals surface area contributed by atoms with Crippen LogP contribution in [0.5, 0.6) is 5.75 Å². The second kappa shape index (κ2) is 7.41. The van der Waals surface area contributed by atoms with Crippen LogP contribution in [-0.2, 0) is 0 Å². The van der Waals surface area contributed by atoms with Gasteiger partial charge in [0.2, 0.25) is 11.6 Å². The largest absolute Gasteiger partial charge is 0.488 e.